The molecule has 0 bridgehead atoms. The fraction of sp³-hybridized carbons (Fsp3) is 0.407. The first-order chi connectivity index (χ1) is 18.1. The van der Waals surface area contributed by atoms with Crippen molar-refractivity contribution in [2.24, 2.45) is 0 Å². The highest BCUT2D eigenvalue weighted by atomic mass is 32.2. The van der Waals surface area contributed by atoms with Crippen molar-refractivity contribution in [3.05, 3.63) is 76.7 Å². The Balaban J connectivity index is 1.61. The second-order valence-electron chi connectivity index (χ2n) is 9.25. The van der Waals surface area contributed by atoms with Crippen molar-refractivity contribution in [2.45, 2.75) is 31.7 Å². The molecule has 1 N–H and O–H groups in total. The summed E-state index contributed by atoms with van der Waals surface area (Å²) >= 11 is 0. The van der Waals surface area contributed by atoms with Crippen molar-refractivity contribution < 1.29 is 27.1 Å². The lowest BCUT2D eigenvalue weighted by molar-refractivity contribution is -0.139. The van der Waals surface area contributed by atoms with Crippen LogP contribution in [0.1, 0.15) is 31.0 Å². The number of ether oxygens (including phenoxy) is 1. The molecule has 1 atom stereocenters. The highest BCUT2D eigenvalue weighted by Gasteiger charge is 2.39. The molecule has 2 aromatic carbocycles. The molecule has 1 fully saturated rings. The van der Waals surface area contributed by atoms with E-state index in [1.54, 1.807) is 31.2 Å². The molecule has 0 aliphatic carbocycles. The van der Waals surface area contributed by atoms with Gasteiger partial charge >= 0.3 is 12.0 Å². The van der Waals surface area contributed by atoms with E-state index in [0.717, 1.165) is 5.56 Å². The molecule has 11 heteroatoms. The Kier molecular flexibility index (Phi) is 8.49. The smallest absolute Gasteiger partial charge is 0.338 e. The third kappa shape index (κ3) is 5.74. The summed E-state index contributed by atoms with van der Waals surface area (Å²) in [6.07, 6.45) is 0. The molecule has 0 spiro atoms. The molecule has 0 unspecified atom stereocenters. The summed E-state index contributed by atoms with van der Waals surface area (Å²) in [5.41, 5.74) is 2.33. The quantitative estimate of drug-likeness (QED) is 0.513. The van der Waals surface area contributed by atoms with E-state index in [2.05, 4.69) is 5.32 Å². The second-order valence-corrected chi connectivity index (χ2v) is 11.2. The van der Waals surface area contributed by atoms with Gasteiger partial charge in [-0.2, -0.15) is 4.31 Å². The fourth-order valence-electron chi connectivity index (χ4n) is 4.76. The van der Waals surface area contributed by atoms with Gasteiger partial charge in [-0.25, -0.2) is 22.4 Å². The lowest BCUT2D eigenvalue weighted by Crippen LogP contribution is -2.53. The SMILES string of the molecule is CCOC(=O)C1=C(CN2CCN(S(=O)(=O)c3ccc(C)cc3)CC2)N(CC)C(=O)N[C@H]1c1ccc(F)cc1. The number of amides is 2. The lowest BCUT2D eigenvalue weighted by Gasteiger charge is -2.40. The zero-order valence-corrected chi connectivity index (χ0v) is 22.6. The van der Waals surface area contributed by atoms with Crippen molar-refractivity contribution in [1.29, 1.82) is 0 Å². The highest BCUT2D eigenvalue weighted by molar-refractivity contribution is 7.89. The van der Waals surface area contributed by atoms with Crippen LogP contribution in [0.2, 0.25) is 0 Å². The van der Waals surface area contributed by atoms with E-state index < -0.39 is 27.9 Å². The van der Waals surface area contributed by atoms with Crippen molar-refractivity contribution in [3.63, 3.8) is 0 Å². The highest BCUT2D eigenvalue weighted by Crippen LogP contribution is 2.32. The Morgan fingerprint density at radius 2 is 1.66 bits per heavy atom. The van der Waals surface area contributed by atoms with E-state index in [-0.39, 0.29) is 42.7 Å². The van der Waals surface area contributed by atoms with Crippen LogP contribution in [-0.4, -0.2) is 80.4 Å². The Hall–Kier alpha value is -3.28. The molecule has 204 valence electrons. The van der Waals surface area contributed by atoms with E-state index >= 15 is 0 Å². The summed E-state index contributed by atoms with van der Waals surface area (Å²) < 4.78 is 46.7. The number of carbonyl (C=O) groups is 2. The number of piperazine rings is 1. The fourth-order valence-corrected chi connectivity index (χ4v) is 6.18. The maximum Gasteiger partial charge on any atom is 0.338 e. The molecule has 2 aliphatic rings. The Morgan fingerprint density at radius 3 is 2.24 bits per heavy atom. The van der Waals surface area contributed by atoms with Gasteiger partial charge in [0.1, 0.15) is 5.82 Å². The zero-order valence-electron chi connectivity index (χ0n) is 21.8. The van der Waals surface area contributed by atoms with Crippen molar-refractivity contribution in [2.75, 3.05) is 45.9 Å². The molecule has 2 aromatic rings. The van der Waals surface area contributed by atoms with Gasteiger partial charge in [-0.05, 0) is 50.6 Å². The van der Waals surface area contributed by atoms with Gasteiger partial charge in [0, 0.05) is 45.0 Å². The summed E-state index contributed by atoms with van der Waals surface area (Å²) in [6.45, 7) is 7.55. The summed E-state index contributed by atoms with van der Waals surface area (Å²) in [4.78, 5) is 30.0. The van der Waals surface area contributed by atoms with Crippen LogP contribution in [0.15, 0.2) is 64.7 Å². The monoisotopic (exact) mass is 544 g/mol. The first-order valence-corrected chi connectivity index (χ1v) is 14.1. The third-order valence-electron chi connectivity index (χ3n) is 6.82. The molecule has 38 heavy (non-hydrogen) atoms. The number of aryl methyl sites for hydroxylation is 1. The lowest BCUT2D eigenvalue weighted by atomic mass is 9.94. The van der Waals surface area contributed by atoms with Crippen LogP contribution < -0.4 is 5.32 Å². The average molecular weight is 545 g/mol. The first kappa shape index (κ1) is 27.7. The number of hydrogen-bond acceptors (Lipinski definition) is 6. The molecule has 9 nitrogen and oxygen atoms in total. The van der Waals surface area contributed by atoms with E-state index in [0.29, 0.717) is 30.9 Å². The largest absolute Gasteiger partial charge is 0.463 e. The van der Waals surface area contributed by atoms with E-state index in [1.807, 2.05) is 18.7 Å². The topological polar surface area (TPSA) is 99.3 Å². The summed E-state index contributed by atoms with van der Waals surface area (Å²) in [7, 11) is -3.62. The molecule has 2 amide bonds. The van der Waals surface area contributed by atoms with Gasteiger partial charge in [-0.15, -0.1) is 0 Å². The Bertz CT molecular complexity index is 1300. The standard InChI is InChI=1S/C27H33FN4O5S/c1-4-32-23(18-30-14-16-31(17-15-30)38(35,36)22-12-6-19(3)7-13-22)24(26(33)37-5-2)25(29-27(32)34)20-8-10-21(28)11-9-20/h6-13,25H,4-5,14-18H2,1-3H3,(H,29,34)/t25-/m0/s1. The summed E-state index contributed by atoms with van der Waals surface area (Å²) in [5, 5.41) is 2.86. The Labute approximate surface area is 222 Å². The number of halogens is 1. The number of carbonyl (C=O) groups excluding carboxylic acids is 2. The molecular weight excluding hydrogens is 511 g/mol. The number of hydrogen-bond donors (Lipinski definition) is 1. The van der Waals surface area contributed by atoms with Gasteiger partial charge < -0.3 is 10.1 Å². The number of urea groups is 1. The number of nitrogens with one attached hydrogen (secondary N) is 1. The van der Waals surface area contributed by atoms with E-state index in [4.69, 9.17) is 4.74 Å². The van der Waals surface area contributed by atoms with Gasteiger partial charge in [-0.1, -0.05) is 29.8 Å². The van der Waals surface area contributed by atoms with E-state index in [9.17, 15) is 22.4 Å². The Morgan fingerprint density at radius 1 is 1.03 bits per heavy atom. The van der Waals surface area contributed by atoms with Crippen LogP contribution in [0.3, 0.4) is 0 Å². The molecule has 2 heterocycles. The maximum absolute atomic E-state index is 13.6. The predicted octanol–water partition coefficient (Wildman–Crippen LogP) is 3.04. The minimum absolute atomic E-state index is 0.154. The van der Waals surface area contributed by atoms with Gasteiger partial charge in [-0.3, -0.25) is 9.80 Å². The minimum Gasteiger partial charge on any atom is -0.463 e. The number of sulfonamides is 1. The first-order valence-electron chi connectivity index (χ1n) is 12.7. The van der Waals surface area contributed by atoms with Gasteiger partial charge in [0.15, 0.2) is 0 Å². The van der Waals surface area contributed by atoms with Gasteiger partial charge in [0.2, 0.25) is 10.0 Å². The maximum atomic E-state index is 13.6. The molecule has 0 radical (unpaired) electrons. The zero-order chi connectivity index (χ0) is 27.4. The number of esters is 1. The van der Waals surface area contributed by atoms with Crippen LogP contribution in [0.4, 0.5) is 9.18 Å². The third-order valence-corrected chi connectivity index (χ3v) is 8.73. The average Bonchev–Trinajstić information content (AvgIpc) is 2.89. The normalized spacial score (nSPS) is 19.4. The number of nitrogens with zero attached hydrogens (tertiary/aromatic N) is 3. The van der Waals surface area contributed by atoms with Crippen LogP contribution in [0, 0.1) is 12.7 Å². The number of rotatable bonds is 8. The number of likely N-dealkylation sites (N-methyl/N-ethyl adjacent to an activating group) is 1. The molecule has 1 saturated heterocycles. The van der Waals surface area contributed by atoms with Crippen LogP contribution >= 0.6 is 0 Å². The predicted molar refractivity (Wildman–Crippen MR) is 140 cm³/mol. The number of benzene rings is 2. The van der Waals surface area contributed by atoms with Crippen LogP contribution in [-0.2, 0) is 19.6 Å². The van der Waals surface area contributed by atoms with Gasteiger partial charge in [0.25, 0.3) is 0 Å². The van der Waals surface area contributed by atoms with E-state index in [1.165, 1.54) is 33.5 Å². The minimum atomic E-state index is -3.62. The van der Waals surface area contributed by atoms with Crippen molar-refractivity contribution in [1.82, 2.24) is 19.4 Å². The molecule has 0 aromatic heterocycles. The molecule has 2 aliphatic heterocycles. The molecule has 0 saturated carbocycles. The van der Waals surface area contributed by atoms with Crippen LogP contribution in [0.5, 0.6) is 0 Å². The summed E-state index contributed by atoms with van der Waals surface area (Å²) in [6, 6.07) is 11.2. The molecule has 4 rings (SSSR count). The van der Waals surface area contributed by atoms with Crippen molar-refractivity contribution >= 4 is 22.0 Å². The summed E-state index contributed by atoms with van der Waals surface area (Å²) in [5.74, 6) is -0.984. The second kappa shape index (κ2) is 11.6. The van der Waals surface area contributed by atoms with Gasteiger partial charge in [0.05, 0.1) is 23.1 Å². The molecular formula is C27H33FN4O5S. The van der Waals surface area contributed by atoms with Crippen LogP contribution in [0.25, 0.3) is 0 Å². The van der Waals surface area contributed by atoms with Crippen molar-refractivity contribution in [3.8, 4) is 0 Å².